The van der Waals surface area contributed by atoms with Gasteiger partial charge < -0.3 is 4.90 Å². The number of hydrogen-bond donors (Lipinski definition) is 0. The molecule has 0 bridgehead atoms. The van der Waals surface area contributed by atoms with Gasteiger partial charge in [-0.25, -0.2) is 0 Å². The van der Waals surface area contributed by atoms with Crippen LogP contribution in [0.4, 0.5) is 0 Å². The van der Waals surface area contributed by atoms with Crippen LogP contribution in [0.1, 0.15) is 59.2 Å². The van der Waals surface area contributed by atoms with E-state index in [4.69, 9.17) is 4.99 Å². The predicted molar refractivity (Wildman–Crippen MR) is 249 cm³/mol. The second-order valence-electron chi connectivity index (χ2n) is 15.5. The van der Waals surface area contributed by atoms with Crippen molar-refractivity contribution < 1.29 is 0 Å². The number of hydrogen-bond acceptors (Lipinski definition) is 2. The topological polar surface area (TPSA) is 15.6 Å². The lowest BCUT2D eigenvalue weighted by atomic mass is 9.84. The Balaban J connectivity index is 1.19. The lowest BCUT2D eigenvalue weighted by molar-refractivity contribution is 0.413. The Hall–Kier alpha value is -6.77. The van der Waals surface area contributed by atoms with Crippen LogP contribution in [0, 0.1) is 6.92 Å². The van der Waals surface area contributed by atoms with Crippen molar-refractivity contribution in [2.75, 3.05) is 14.1 Å². The molecule has 0 N–H and O–H groups in total. The third-order valence-corrected chi connectivity index (χ3v) is 12.0. The zero-order chi connectivity index (χ0) is 39.6. The van der Waals surface area contributed by atoms with E-state index in [1.807, 2.05) is 7.05 Å². The largest absolute Gasteiger partial charge is 0.364 e. The highest BCUT2D eigenvalue weighted by Crippen LogP contribution is 2.42. The molecule has 58 heavy (non-hydrogen) atoms. The highest BCUT2D eigenvalue weighted by Gasteiger charge is 2.25. The molecule has 2 heteroatoms. The average Bonchev–Trinajstić information content (AvgIpc) is 3.28. The summed E-state index contributed by atoms with van der Waals surface area (Å²) in [6, 6.07) is 57.8. The fraction of sp³-hybridized carbons (Fsp3) is 0.125. The number of nitrogens with zero attached hydrogens (tertiary/aromatic N) is 2. The van der Waals surface area contributed by atoms with Gasteiger partial charge in [0.15, 0.2) is 0 Å². The van der Waals surface area contributed by atoms with Crippen LogP contribution in [-0.4, -0.2) is 24.7 Å². The van der Waals surface area contributed by atoms with E-state index in [0.717, 1.165) is 18.6 Å². The summed E-state index contributed by atoms with van der Waals surface area (Å²) in [5, 5.41) is 5.09. The van der Waals surface area contributed by atoms with Gasteiger partial charge in [0.05, 0.1) is 11.8 Å². The Kier molecular flexibility index (Phi) is 10.2. The molecular formula is C56H48N2. The predicted octanol–water partition coefficient (Wildman–Crippen LogP) is 14.2. The summed E-state index contributed by atoms with van der Waals surface area (Å²) in [6.45, 7) is 4.46. The number of aliphatic imine (C=N–C) groups is 1. The highest BCUT2D eigenvalue weighted by molar-refractivity contribution is 6.18. The number of allylic oxidation sites excluding steroid dienone is 7. The van der Waals surface area contributed by atoms with E-state index in [2.05, 4.69) is 214 Å². The SMILES string of the molecule is CN=C(C1=CC=CCC1)/C(C)=C(\c1cccc(C2=CC(c3ccccc3)N(C)C(c3cccc(-c4cc5ccccc5c5ccccc45)c3)=C2)c1)c1ccccc1C. The van der Waals surface area contributed by atoms with Crippen molar-refractivity contribution in [3.63, 3.8) is 0 Å². The molecule has 282 valence electrons. The molecule has 7 aromatic rings. The van der Waals surface area contributed by atoms with Crippen LogP contribution in [-0.2, 0) is 0 Å². The monoisotopic (exact) mass is 748 g/mol. The van der Waals surface area contributed by atoms with Gasteiger partial charge in [0, 0.05) is 19.8 Å². The molecule has 2 nitrogen and oxygen atoms in total. The van der Waals surface area contributed by atoms with Crippen LogP contribution in [0.25, 0.3) is 49.5 Å². The van der Waals surface area contributed by atoms with Gasteiger partial charge in [-0.05, 0) is 145 Å². The van der Waals surface area contributed by atoms with Crippen molar-refractivity contribution in [3.05, 3.63) is 233 Å². The zero-order valence-corrected chi connectivity index (χ0v) is 33.8. The molecule has 9 rings (SSSR count). The average molecular weight is 749 g/mol. The molecule has 1 atom stereocenters. The van der Waals surface area contributed by atoms with Crippen LogP contribution >= 0.6 is 0 Å². The Labute approximate surface area is 343 Å². The molecule has 2 aliphatic rings. The van der Waals surface area contributed by atoms with Gasteiger partial charge in [-0.3, -0.25) is 4.99 Å². The normalized spacial score (nSPS) is 16.2. The molecule has 0 amide bonds. The van der Waals surface area contributed by atoms with Gasteiger partial charge >= 0.3 is 0 Å². The van der Waals surface area contributed by atoms with Gasteiger partial charge in [-0.2, -0.15) is 0 Å². The third-order valence-electron chi connectivity index (χ3n) is 12.0. The number of rotatable bonds is 8. The molecule has 0 saturated heterocycles. The third kappa shape index (κ3) is 6.96. The minimum Gasteiger partial charge on any atom is -0.364 e. The van der Waals surface area contributed by atoms with E-state index in [1.54, 1.807) is 0 Å². The van der Waals surface area contributed by atoms with Gasteiger partial charge in [0.2, 0.25) is 0 Å². The van der Waals surface area contributed by atoms with Crippen LogP contribution in [0.15, 0.2) is 204 Å². The molecule has 1 aliphatic carbocycles. The minimum atomic E-state index is 0.0447. The molecule has 1 aliphatic heterocycles. The van der Waals surface area contributed by atoms with Crippen molar-refractivity contribution in [2.45, 2.75) is 32.7 Å². The van der Waals surface area contributed by atoms with E-state index in [9.17, 15) is 0 Å². The first-order valence-corrected chi connectivity index (χ1v) is 20.4. The fourth-order valence-electron chi connectivity index (χ4n) is 9.06. The highest BCUT2D eigenvalue weighted by atomic mass is 15.1. The number of likely N-dealkylation sites (N-methyl/N-ethyl adjacent to an activating group) is 1. The summed E-state index contributed by atoms with van der Waals surface area (Å²) >= 11 is 0. The standard InChI is InChI=1S/C56H48N2/c1-38-19-11-13-29-48(38)55(39(2)56(57-3)41-22-9-6-10-23-41)46-28-17-25-42(33-46)47-36-53(40-20-7-5-8-21-40)58(4)54(37-47)45-27-18-26-43(34-45)52-35-44-24-12-14-30-49(44)50-31-15-16-32-51(50)52/h5-9,11-22,24-37,53H,10,23H2,1-4H3/b55-39+,57-56?. The van der Waals surface area contributed by atoms with E-state index in [1.165, 1.54) is 94.0 Å². The first kappa shape index (κ1) is 36.8. The maximum atomic E-state index is 4.91. The van der Waals surface area contributed by atoms with Gasteiger partial charge in [0.1, 0.15) is 0 Å². The second kappa shape index (κ2) is 16.0. The Morgan fingerprint density at radius 3 is 2.17 bits per heavy atom. The van der Waals surface area contributed by atoms with Crippen molar-refractivity contribution in [1.82, 2.24) is 4.90 Å². The summed E-state index contributed by atoms with van der Waals surface area (Å²) < 4.78 is 0. The lowest BCUT2D eigenvalue weighted by Gasteiger charge is -2.35. The minimum absolute atomic E-state index is 0.0447. The summed E-state index contributed by atoms with van der Waals surface area (Å²) in [4.78, 5) is 7.34. The summed E-state index contributed by atoms with van der Waals surface area (Å²) in [6.07, 6.45) is 13.5. The maximum absolute atomic E-state index is 4.91. The molecule has 0 aromatic heterocycles. The molecule has 1 unspecified atom stereocenters. The number of fused-ring (bicyclic) bond motifs is 3. The lowest BCUT2D eigenvalue weighted by Crippen LogP contribution is -2.24. The van der Waals surface area contributed by atoms with Crippen molar-refractivity contribution >= 4 is 44.1 Å². The van der Waals surface area contributed by atoms with Gasteiger partial charge in [-0.1, -0.05) is 158 Å². The van der Waals surface area contributed by atoms with E-state index >= 15 is 0 Å². The quantitative estimate of drug-likeness (QED) is 0.112. The van der Waals surface area contributed by atoms with Crippen molar-refractivity contribution in [3.8, 4) is 11.1 Å². The Morgan fingerprint density at radius 2 is 1.38 bits per heavy atom. The first-order valence-electron chi connectivity index (χ1n) is 20.4. The molecule has 0 fully saturated rings. The van der Waals surface area contributed by atoms with E-state index < -0.39 is 0 Å². The smallest absolute Gasteiger partial charge is 0.0732 e. The maximum Gasteiger partial charge on any atom is 0.0732 e. The molecular weight excluding hydrogens is 701 g/mol. The summed E-state index contributed by atoms with van der Waals surface area (Å²) in [5.74, 6) is 0. The summed E-state index contributed by atoms with van der Waals surface area (Å²) in [5.41, 5.74) is 17.0. The molecule has 1 heterocycles. The van der Waals surface area contributed by atoms with Crippen LogP contribution in [0.2, 0.25) is 0 Å². The molecule has 0 radical (unpaired) electrons. The Bertz CT molecular complexity index is 2880. The second-order valence-corrected chi connectivity index (χ2v) is 15.5. The molecule has 0 saturated carbocycles. The number of benzene rings is 7. The fourth-order valence-corrected chi connectivity index (χ4v) is 9.06. The van der Waals surface area contributed by atoms with Crippen LogP contribution in [0.5, 0.6) is 0 Å². The van der Waals surface area contributed by atoms with E-state index in [-0.39, 0.29) is 6.04 Å². The molecule has 7 aromatic carbocycles. The Morgan fingerprint density at radius 1 is 0.672 bits per heavy atom. The zero-order valence-electron chi connectivity index (χ0n) is 33.8. The van der Waals surface area contributed by atoms with Crippen molar-refractivity contribution in [2.24, 2.45) is 4.99 Å². The van der Waals surface area contributed by atoms with Crippen molar-refractivity contribution in [1.29, 1.82) is 0 Å². The first-order chi connectivity index (χ1) is 28.5. The number of aryl methyl sites for hydroxylation is 1. The van der Waals surface area contributed by atoms with Crippen LogP contribution < -0.4 is 0 Å². The summed E-state index contributed by atoms with van der Waals surface area (Å²) in [7, 11) is 4.16. The van der Waals surface area contributed by atoms with E-state index in [0.29, 0.717) is 0 Å². The van der Waals surface area contributed by atoms with Gasteiger partial charge in [0.25, 0.3) is 0 Å². The van der Waals surface area contributed by atoms with Gasteiger partial charge in [-0.15, -0.1) is 0 Å². The molecule has 0 spiro atoms. The van der Waals surface area contributed by atoms with Crippen LogP contribution in [0.3, 0.4) is 0 Å².